The van der Waals surface area contributed by atoms with E-state index < -0.39 is 6.09 Å². The molecule has 0 spiro atoms. The van der Waals surface area contributed by atoms with Crippen molar-refractivity contribution >= 4 is 6.09 Å². The standard InChI is InChI=1S/C19H37N3O2/c1-16(2)9-13(10-17(3,4)20-16)22(15(23)24)14-11-18(5,6)21-19(7,8)12-14/h13-14,20-21H,9-12H2,1-8H3,(H,23,24). The van der Waals surface area contributed by atoms with Crippen molar-refractivity contribution in [1.29, 1.82) is 0 Å². The van der Waals surface area contributed by atoms with Gasteiger partial charge in [-0.3, -0.25) is 0 Å². The zero-order valence-corrected chi connectivity index (χ0v) is 16.8. The van der Waals surface area contributed by atoms with Crippen LogP contribution in [0, 0.1) is 0 Å². The first-order valence-corrected chi connectivity index (χ1v) is 9.21. The van der Waals surface area contributed by atoms with Crippen molar-refractivity contribution in [2.24, 2.45) is 0 Å². The highest BCUT2D eigenvalue weighted by Crippen LogP contribution is 2.37. The summed E-state index contributed by atoms with van der Waals surface area (Å²) in [5, 5.41) is 17.4. The number of nitrogens with zero attached hydrogens (tertiary/aromatic N) is 1. The lowest BCUT2D eigenvalue weighted by Gasteiger charge is -2.54. The molecule has 2 rings (SSSR count). The van der Waals surface area contributed by atoms with Crippen LogP contribution >= 0.6 is 0 Å². The number of nitrogens with one attached hydrogen (secondary N) is 2. The van der Waals surface area contributed by atoms with Gasteiger partial charge in [0.15, 0.2) is 0 Å². The summed E-state index contributed by atoms with van der Waals surface area (Å²) in [6, 6.07) is 0.117. The minimum Gasteiger partial charge on any atom is -0.465 e. The maximum Gasteiger partial charge on any atom is 0.407 e. The first kappa shape index (κ1) is 19.5. The molecule has 140 valence electrons. The van der Waals surface area contributed by atoms with E-state index in [-0.39, 0.29) is 34.2 Å². The average Bonchev–Trinajstić information content (AvgIpc) is 2.17. The summed E-state index contributed by atoms with van der Waals surface area (Å²) in [5.74, 6) is 0. The Balaban J connectivity index is 2.30. The fourth-order valence-corrected chi connectivity index (χ4v) is 5.54. The van der Waals surface area contributed by atoms with Crippen molar-refractivity contribution in [2.45, 2.75) is 115 Å². The lowest BCUT2D eigenvalue weighted by atomic mass is 9.75. The summed E-state index contributed by atoms with van der Waals surface area (Å²) in [6.07, 6.45) is 2.65. The van der Waals surface area contributed by atoms with Gasteiger partial charge in [-0.25, -0.2) is 4.79 Å². The van der Waals surface area contributed by atoms with E-state index in [2.05, 4.69) is 66.0 Å². The van der Waals surface area contributed by atoms with Crippen LogP contribution in [-0.4, -0.2) is 50.3 Å². The van der Waals surface area contributed by atoms with Crippen molar-refractivity contribution in [3.63, 3.8) is 0 Å². The Kier molecular flexibility index (Phi) is 4.77. The van der Waals surface area contributed by atoms with Crippen LogP contribution in [0.5, 0.6) is 0 Å². The third-order valence-electron chi connectivity index (χ3n) is 5.34. The number of hydrogen-bond donors (Lipinski definition) is 3. The Morgan fingerprint density at radius 1 is 0.750 bits per heavy atom. The van der Waals surface area contributed by atoms with Gasteiger partial charge in [-0.2, -0.15) is 0 Å². The molecule has 5 heteroatoms. The van der Waals surface area contributed by atoms with Gasteiger partial charge in [0.1, 0.15) is 0 Å². The van der Waals surface area contributed by atoms with E-state index >= 15 is 0 Å². The minimum absolute atomic E-state index is 0.0575. The molecule has 0 bridgehead atoms. The van der Waals surface area contributed by atoms with E-state index in [0.717, 1.165) is 25.7 Å². The minimum atomic E-state index is -0.771. The fraction of sp³-hybridized carbons (Fsp3) is 0.947. The van der Waals surface area contributed by atoms with E-state index in [0.29, 0.717) is 0 Å². The van der Waals surface area contributed by atoms with Crippen LogP contribution in [0.3, 0.4) is 0 Å². The molecule has 0 radical (unpaired) electrons. The van der Waals surface area contributed by atoms with Crippen LogP contribution in [0.4, 0.5) is 4.79 Å². The molecule has 0 aromatic heterocycles. The van der Waals surface area contributed by atoms with Gasteiger partial charge in [0.25, 0.3) is 0 Å². The van der Waals surface area contributed by atoms with Gasteiger partial charge in [-0.1, -0.05) is 0 Å². The molecule has 0 atom stereocenters. The molecule has 0 saturated carbocycles. The average molecular weight is 340 g/mol. The molecule has 0 unspecified atom stereocenters. The summed E-state index contributed by atoms with van der Waals surface area (Å²) in [7, 11) is 0. The summed E-state index contributed by atoms with van der Waals surface area (Å²) in [5.41, 5.74) is -0.230. The fourth-order valence-electron chi connectivity index (χ4n) is 5.54. The molecule has 2 aliphatic heterocycles. The molecule has 2 aliphatic rings. The smallest absolute Gasteiger partial charge is 0.407 e. The maximum atomic E-state index is 12.2. The first-order valence-electron chi connectivity index (χ1n) is 9.21. The van der Waals surface area contributed by atoms with E-state index in [1.165, 1.54) is 0 Å². The van der Waals surface area contributed by atoms with E-state index in [9.17, 15) is 9.90 Å². The van der Waals surface area contributed by atoms with Crippen molar-refractivity contribution < 1.29 is 9.90 Å². The topological polar surface area (TPSA) is 64.6 Å². The monoisotopic (exact) mass is 339 g/mol. The molecule has 2 fully saturated rings. The molecule has 24 heavy (non-hydrogen) atoms. The predicted molar refractivity (Wildman–Crippen MR) is 98.5 cm³/mol. The normalized spacial score (nSPS) is 29.2. The second kappa shape index (κ2) is 5.87. The van der Waals surface area contributed by atoms with Crippen LogP contribution in [0.15, 0.2) is 0 Å². The summed E-state index contributed by atoms with van der Waals surface area (Å²) < 4.78 is 0. The van der Waals surface area contributed by atoms with Crippen LogP contribution in [0.2, 0.25) is 0 Å². The predicted octanol–water partition coefficient (Wildman–Crippen LogP) is 3.58. The number of amides is 1. The Hall–Kier alpha value is -0.810. The largest absolute Gasteiger partial charge is 0.465 e. The Morgan fingerprint density at radius 3 is 1.21 bits per heavy atom. The SMILES string of the molecule is CC1(C)CC(N(C(=O)O)C2CC(C)(C)NC(C)(C)C2)CC(C)(C)N1. The van der Waals surface area contributed by atoms with Gasteiger partial charge < -0.3 is 20.6 Å². The number of piperidine rings is 2. The van der Waals surface area contributed by atoms with Gasteiger partial charge in [0, 0.05) is 34.2 Å². The number of hydrogen-bond acceptors (Lipinski definition) is 3. The second-order valence-electron chi connectivity index (χ2n) is 10.6. The zero-order valence-electron chi connectivity index (χ0n) is 16.8. The van der Waals surface area contributed by atoms with Gasteiger partial charge in [0.05, 0.1) is 0 Å². The van der Waals surface area contributed by atoms with Crippen molar-refractivity contribution in [1.82, 2.24) is 15.5 Å². The molecular weight excluding hydrogens is 302 g/mol. The van der Waals surface area contributed by atoms with E-state index in [1.54, 1.807) is 4.90 Å². The first-order chi connectivity index (χ1) is 10.6. The lowest BCUT2D eigenvalue weighted by molar-refractivity contribution is 0.00681. The molecule has 0 aliphatic carbocycles. The third kappa shape index (κ3) is 4.63. The molecule has 0 aromatic carbocycles. The van der Waals surface area contributed by atoms with E-state index in [1.807, 2.05) is 0 Å². The van der Waals surface area contributed by atoms with Gasteiger partial charge in [-0.05, 0) is 81.1 Å². The third-order valence-corrected chi connectivity index (χ3v) is 5.34. The van der Waals surface area contributed by atoms with Gasteiger partial charge in [0.2, 0.25) is 0 Å². The van der Waals surface area contributed by atoms with E-state index in [4.69, 9.17) is 0 Å². The van der Waals surface area contributed by atoms with Crippen molar-refractivity contribution in [3.8, 4) is 0 Å². The number of rotatable bonds is 2. The zero-order chi connectivity index (χ0) is 18.6. The molecular formula is C19H37N3O2. The van der Waals surface area contributed by atoms with Crippen LogP contribution in [0.25, 0.3) is 0 Å². The molecule has 0 aromatic rings. The summed E-state index contributed by atoms with van der Waals surface area (Å²) in [4.78, 5) is 14.0. The summed E-state index contributed by atoms with van der Waals surface area (Å²) >= 11 is 0. The number of carboxylic acid groups (broad SMARTS) is 1. The second-order valence-corrected chi connectivity index (χ2v) is 10.6. The lowest BCUT2D eigenvalue weighted by Crippen LogP contribution is -2.67. The molecule has 1 amide bonds. The van der Waals surface area contributed by atoms with Gasteiger partial charge in [-0.15, -0.1) is 0 Å². The Labute approximate surface area is 147 Å². The molecule has 2 heterocycles. The van der Waals surface area contributed by atoms with Crippen molar-refractivity contribution in [2.75, 3.05) is 0 Å². The van der Waals surface area contributed by atoms with Crippen molar-refractivity contribution in [3.05, 3.63) is 0 Å². The molecule has 5 nitrogen and oxygen atoms in total. The summed E-state index contributed by atoms with van der Waals surface area (Å²) in [6.45, 7) is 17.4. The number of carbonyl (C=O) groups is 1. The highest BCUT2D eigenvalue weighted by Gasteiger charge is 2.47. The highest BCUT2D eigenvalue weighted by atomic mass is 16.4. The Morgan fingerprint density at radius 2 is 1.00 bits per heavy atom. The maximum absolute atomic E-state index is 12.2. The molecule has 2 saturated heterocycles. The quantitative estimate of drug-likeness (QED) is 0.719. The Bertz CT molecular complexity index is 427. The molecule has 3 N–H and O–H groups in total. The highest BCUT2D eigenvalue weighted by molar-refractivity contribution is 5.66. The van der Waals surface area contributed by atoms with Crippen LogP contribution in [0.1, 0.15) is 81.1 Å². The van der Waals surface area contributed by atoms with Crippen LogP contribution in [-0.2, 0) is 0 Å². The van der Waals surface area contributed by atoms with Gasteiger partial charge >= 0.3 is 6.09 Å². The van der Waals surface area contributed by atoms with Crippen LogP contribution < -0.4 is 10.6 Å².